The molecule has 0 aromatic heterocycles. The normalized spacial score (nSPS) is 10.9. The van der Waals surface area contributed by atoms with Crippen molar-refractivity contribution >= 4 is 17.7 Å². The third-order valence-electron chi connectivity index (χ3n) is 2.97. The second-order valence-corrected chi connectivity index (χ2v) is 4.29. The van der Waals surface area contributed by atoms with E-state index in [2.05, 4.69) is 5.32 Å². The number of carboxylic acids is 1. The van der Waals surface area contributed by atoms with Crippen molar-refractivity contribution in [2.75, 3.05) is 12.4 Å². The van der Waals surface area contributed by atoms with Crippen molar-refractivity contribution in [2.24, 2.45) is 0 Å². The van der Waals surface area contributed by atoms with Gasteiger partial charge in [0.1, 0.15) is 18.2 Å². The summed E-state index contributed by atoms with van der Waals surface area (Å²) in [5.74, 6) is -1.09. The summed E-state index contributed by atoms with van der Waals surface area (Å²) in [6.07, 6.45) is 0.274. The fourth-order valence-corrected chi connectivity index (χ4v) is 1.78. The van der Waals surface area contributed by atoms with Crippen LogP contribution in [0.5, 0.6) is 0 Å². The lowest BCUT2D eigenvalue weighted by Crippen LogP contribution is -2.44. The standard InChI is InChI=1S/C14H14N4O3/c1-3-12(13(19)20)18(2)14(21)17-11-5-4-9(7-15)10(6-11)8-16/h4-6,12H,3H2,1-2H3,(H,17,21)(H,19,20). The molecule has 1 aromatic carbocycles. The van der Waals surface area contributed by atoms with E-state index in [9.17, 15) is 9.59 Å². The fraction of sp³-hybridized carbons (Fsp3) is 0.286. The second-order valence-electron chi connectivity index (χ2n) is 4.29. The smallest absolute Gasteiger partial charge is 0.326 e. The highest BCUT2D eigenvalue weighted by molar-refractivity contribution is 5.92. The fourth-order valence-electron chi connectivity index (χ4n) is 1.78. The molecule has 1 atom stereocenters. The third kappa shape index (κ3) is 3.71. The number of hydrogen-bond acceptors (Lipinski definition) is 4. The minimum absolute atomic E-state index is 0.142. The highest BCUT2D eigenvalue weighted by Crippen LogP contribution is 2.15. The van der Waals surface area contributed by atoms with Crippen LogP contribution >= 0.6 is 0 Å². The Morgan fingerprint density at radius 3 is 2.43 bits per heavy atom. The zero-order chi connectivity index (χ0) is 16.0. The van der Waals surface area contributed by atoms with Gasteiger partial charge in [-0.3, -0.25) is 0 Å². The first-order valence-electron chi connectivity index (χ1n) is 6.15. The predicted octanol–water partition coefficient (Wildman–Crippen LogP) is 1.76. The summed E-state index contributed by atoms with van der Waals surface area (Å²) in [7, 11) is 1.38. The van der Waals surface area contributed by atoms with E-state index in [0.717, 1.165) is 4.90 Å². The first-order chi connectivity index (χ1) is 9.94. The van der Waals surface area contributed by atoms with Gasteiger partial charge in [-0.25, -0.2) is 9.59 Å². The van der Waals surface area contributed by atoms with Gasteiger partial charge >= 0.3 is 12.0 Å². The molecule has 0 fully saturated rings. The number of hydrogen-bond donors (Lipinski definition) is 2. The van der Waals surface area contributed by atoms with Gasteiger partial charge < -0.3 is 15.3 Å². The van der Waals surface area contributed by atoms with Crippen LogP contribution < -0.4 is 5.32 Å². The number of amides is 2. The molecule has 0 bridgehead atoms. The van der Waals surface area contributed by atoms with Crippen molar-refractivity contribution in [2.45, 2.75) is 19.4 Å². The van der Waals surface area contributed by atoms with Gasteiger partial charge in [0.05, 0.1) is 11.1 Å². The van der Waals surface area contributed by atoms with E-state index >= 15 is 0 Å². The van der Waals surface area contributed by atoms with Crippen LogP contribution in [0.25, 0.3) is 0 Å². The molecule has 1 unspecified atom stereocenters. The summed E-state index contributed by atoms with van der Waals surface area (Å²) in [6.45, 7) is 1.66. The molecule has 1 aromatic rings. The van der Waals surface area contributed by atoms with Gasteiger partial charge in [-0.15, -0.1) is 0 Å². The van der Waals surface area contributed by atoms with Crippen LogP contribution in [0.2, 0.25) is 0 Å². The Morgan fingerprint density at radius 2 is 1.95 bits per heavy atom. The van der Waals surface area contributed by atoms with Crippen LogP contribution in [-0.4, -0.2) is 35.1 Å². The summed E-state index contributed by atoms with van der Waals surface area (Å²) in [5, 5.41) is 29.2. The number of urea groups is 1. The van der Waals surface area contributed by atoms with Gasteiger partial charge in [0, 0.05) is 12.7 Å². The Bertz CT molecular complexity index is 643. The number of carbonyl (C=O) groups excluding carboxylic acids is 1. The minimum atomic E-state index is -1.09. The number of benzene rings is 1. The number of rotatable bonds is 4. The van der Waals surface area contributed by atoms with Gasteiger partial charge in [-0.05, 0) is 24.6 Å². The molecule has 0 saturated heterocycles. The lowest BCUT2D eigenvalue weighted by atomic mass is 10.1. The molecule has 2 N–H and O–H groups in total. The van der Waals surface area contributed by atoms with Crippen molar-refractivity contribution in [3.63, 3.8) is 0 Å². The number of nitriles is 2. The summed E-state index contributed by atoms with van der Waals surface area (Å²) < 4.78 is 0. The van der Waals surface area contributed by atoms with Crippen LogP contribution in [0, 0.1) is 22.7 Å². The summed E-state index contributed by atoms with van der Waals surface area (Å²) in [4.78, 5) is 24.1. The Labute approximate surface area is 122 Å². The van der Waals surface area contributed by atoms with E-state index in [1.54, 1.807) is 6.92 Å². The maximum atomic E-state index is 12.0. The molecule has 0 saturated carbocycles. The van der Waals surface area contributed by atoms with Gasteiger partial charge in [-0.1, -0.05) is 6.92 Å². The first kappa shape index (κ1) is 16.0. The van der Waals surface area contributed by atoms with Gasteiger partial charge in [-0.2, -0.15) is 10.5 Å². The van der Waals surface area contributed by atoms with E-state index in [0.29, 0.717) is 5.69 Å². The maximum absolute atomic E-state index is 12.0. The number of anilines is 1. The quantitative estimate of drug-likeness (QED) is 0.874. The molecule has 0 aliphatic carbocycles. The average molecular weight is 286 g/mol. The maximum Gasteiger partial charge on any atom is 0.326 e. The lowest BCUT2D eigenvalue weighted by Gasteiger charge is -2.24. The number of nitrogens with one attached hydrogen (secondary N) is 1. The van der Waals surface area contributed by atoms with E-state index < -0.39 is 18.0 Å². The van der Waals surface area contributed by atoms with Crippen LogP contribution in [0.15, 0.2) is 18.2 Å². The Balaban J connectivity index is 2.92. The zero-order valence-electron chi connectivity index (χ0n) is 11.6. The third-order valence-corrected chi connectivity index (χ3v) is 2.97. The predicted molar refractivity (Wildman–Crippen MR) is 74.4 cm³/mol. The molecule has 1 rings (SSSR count). The van der Waals surface area contributed by atoms with Crippen LogP contribution in [-0.2, 0) is 4.79 Å². The topological polar surface area (TPSA) is 117 Å². The highest BCUT2D eigenvalue weighted by Gasteiger charge is 2.24. The van der Waals surface area contributed by atoms with Crippen molar-refractivity contribution in [1.29, 1.82) is 10.5 Å². The molecule has 0 aliphatic rings. The van der Waals surface area contributed by atoms with E-state index in [1.165, 1.54) is 25.2 Å². The molecule has 7 nitrogen and oxygen atoms in total. The highest BCUT2D eigenvalue weighted by atomic mass is 16.4. The molecular formula is C14H14N4O3. The molecule has 7 heteroatoms. The first-order valence-corrected chi connectivity index (χ1v) is 6.15. The van der Waals surface area contributed by atoms with E-state index in [-0.39, 0.29) is 17.5 Å². The minimum Gasteiger partial charge on any atom is -0.480 e. The molecule has 0 aliphatic heterocycles. The Kier molecular flexibility index (Phi) is 5.27. The molecule has 108 valence electrons. The molecule has 0 heterocycles. The molecule has 2 amide bonds. The number of carboxylic acid groups (broad SMARTS) is 1. The van der Waals surface area contributed by atoms with Gasteiger partial charge in [0.25, 0.3) is 0 Å². The summed E-state index contributed by atoms with van der Waals surface area (Å²) in [5.41, 5.74) is 0.673. The van der Waals surface area contributed by atoms with E-state index in [1.807, 2.05) is 12.1 Å². The monoisotopic (exact) mass is 286 g/mol. The number of nitrogens with zero attached hydrogens (tertiary/aromatic N) is 3. The Hall–Kier alpha value is -3.06. The van der Waals surface area contributed by atoms with Crippen molar-refractivity contribution < 1.29 is 14.7 Å². The molecule has 0 radical (unpaired) electrons. The van der Waals surface area contributed by atoms with Gasteiger partial charge in [0.15, 0.2) is 0 Å². The summed E-state index contributed by atoms with van der Waals surface area (Å²) >= 11 is 0. The molecule has 0 spiro atoms. The van der Waals surface area contributed by atoms with Crippen LogP contribution in [0.1, 0.15) is 24.5 Å². The largest absolute Gasteiger partial charge is 0.480 e. The number of likely N-dealkylation sites (N-methyl/N-ethyl adjacent to an activating group) is 1. The lowest BCUT2D eigenvalue weighted by molar-refractivity contribution is -0.141. The van der Waals surface area contributed by atoms with Crippen molar-refractivity contribution in [3.8, 4) is 12.1 Å². The zero-order valence-corrected chi connectivity index (χ0v) is 11.6. The van der Waals surface area contributed by atoms with Crippen LogP contribution in [0.3, 0.4) is 0 Å². The van der Waals surface area contributed by atoms with Crippen molar-refractivity contribution in [3.05, 3.63) is 29.3 Å². The molecular weight excluding hydrogens is 272 g/mol. The van der Waals surface area contributed by atoms with Crippen molar-refractivity contribution in [1.82, 2.24) is 4.90 Å². The van der Waals surface area contributed by atoms with E-state index in [4.69, 9.17) is 15.6 Å². The van der Waals surface area contributed by atoms with Gasteiger partial charge in [0.2, 0.25) is 0 Å². The average Bonchev–Trinajstić information content (AvgIpc) is 2.47. The number of carbonyl (C=O) groups is 2. The molecule has 21 heavy (non-hydrogen) atoms. The summed E-state index contributed by atoms with van der Waals surface area (Å²) in [6, 6.07) is 6.46. The Morgan fingerprint density at radius 1 is 1.33 bits per heavy atom. The SMILES string of the molecule is CCC(C(=O)O)N(C)C(=O)Nc1ccc(C#N)c(C#N)c1. The van der Waals surface area contributed by atoms with Crippen LogP contribution in [0.4, 0.5) is 10.5 Å². The number of aliphatic carboxylic acids is 1. The second kappa shape index (κ2) is 6.92.